The second-order valence-electron chi connectivity index (χ2n) is 9.02. The minimum atomic E-state index is -0.761. The maximum atomic E-state index is 13.5. The summed E-state index contributed by atoms with van der Waals surface area (Å²) in [7, 11) is 3.34. The van der Waals surface area contributed by atoms with Crippen molar-refractivity contribution in [1.82, 2.24) is 29.3 Å². The summed E-state index contributed by atoms with van der Waals surface area (Å²) in [6, 6.07) is 11.3. The second-order valence-corrected chi connectivity index (χ2v) is 9.84. The predicted octanol–water partition coefficient (Wildman–Crippen LogP) is 5.28. The first kappa shape index (κ1) is 26.5. The molecular weight excluding hydrogens is 541 g/mol. The maximum Gasteiger partial charge on any atom is 0.252 e. The van der Waals surface area contributed by atoms with E-state index in [9.17, 15) is 9.59 Å². The van der Waals surface area contributed by atoms with Crippen LogP contribution in [0.3, 0.4) is 0 Å². The molecule has 39 heavy (non-hydrogen) atoms. The predicted molar refractivity (Wildman–Crippen MR) is 151 cm³/mol. The fraction of sp³-hybridized carbons (Fsp3) is 0.222. The number of pyridine rings is 1. The highest BCUT2D eigenvalue weighted by Gasteiger charge is 2.24. The summed E-state index contributed by atoms with van der Waals surface area (Å²) in [5.41, 5.74) is 2.75. The first-order chi connectivity index (χ1) is 18.8. The standard InChI is InChI=1S/C27H25Cl2N7O3/c1-4-5-23(27(38)30-18-7-8-21-16(10-18)13-34(2)32-21)35-14-24(39-3)20(12-26(35)37)19-11-17(28)6-9-22(19)36-15-25(29)31-33-36/h6-15,23H,4-5H2,1-3H3,(H,30,38). The molecule has 0 fully saturated rings. The summed E-state index contributed by atoms with van der Waals surface area (Å²) in [6.45, 7) is 1.96. The van der Waals surface area contributed by atoms with Crippen LogP contribution in [-0.4, -0.2) is 42.4 Å². The average Bonchev–Trinajstić information content (AvgIpc) is 3.51. The fourth-order valence-corrected chi connectivity index (χ4v) is 4.85. The number of carbonyl (C=O) groups is 1. The Morgan fingerprint density at radius 2 is 1.90 bits per heavy atom. The highest BCUT2D eigenvalue weighted by molar-refractivity contribution is 6.31. The lowest BCUT2D eigenvalue weighted by molar-refractivity contribution is -0.119. The Morgan fingerprint density at radius 1 is 1.08 bits per heavy atom. The maximum absolute atomic E-state index is 13.5. The van der Waals surface area contributed by atoms with Crippen molar-refractivity contribution in [3.63, 3.8) is 0 Å². The van der Waals surface area contributed by atoms with Gasteiger partial charge in [0.15, 0.2) is 5.15 Å². The molecule has 1 amide bonds. The molecule has 1 atom stereocenters. The van der Waals surface area contributed by atoms with E-state index in [0.29, 0.717) is 46.1 Å². The van der Waals surface area contributed by atoms with Gasteiger partial charge >= 0.3 is 0 Å². The molecule has 12 heteroatoms. The first-order valence-electron chi connectivity index (χ1n) is 12.2. The van der Waals surface area contributed by atoms with Crippen molar-refractivity contribution < 1.29 is 9.53 Å². The number of halogens is 2. The minimum absolute atomic E-state index is 0.217. The number of amides is 1. The van der Waals surface area contributed by atoms with Crippen molar-refractivity contribution in [3.8, 4) is 22.6 Å². The Bertz CT molecular complexity index is 1740. The van der Waals surface area contributed by atoms with E-state index < -0.39 is 6.04 Å². The van der Waals surface area contributed by atoms with Crippen LogP contribution in [0.15, 0.2) is 65.8 Å². The molecular formula is C27H25Cl2N7O3. The van der Waals surface area contributed by atoms with Gasteiger partial charge in [-0.1, -0.05) is 41.8 Å². The third-order valence-electron chi connectivity index (χ3n) is 6.31. The molecule has 5 aromatic rings. The number of hydrogen-bond donors (Lipinski definition) is 1. The number of nitrogens with one attached hydrogen (secondary N) is 1. The van der Waals surface area contributed by atoms with Gasteiger partial charge in [-0.15, -0.1) is 5.10 Å². The van der Waals surface area contributed by atoms with Crippen molar-refractivity contribution in [2.45, 2.75) is 25.8 Å². The monoisotopic (exact) mass is 565 g/mol. The van der Waals surface area contributed by atoms with E-state index in [-0.39, 0.29) is 16.6 Å². The summed E-state index contributed by atoms with van der Waals surface area (Å²) in [5, 5.41) is 16.8. The van der Waals surface area contributed by atoms with Gasteiger partial charge in [-0.2, -0.15) is 5.10 Å². The molecule has 0 aliphatic heterocycles. The number of fused-ring (bicyclic) bond motifs is 1. The molecule has 0 aliphatic rings. The topological polar surface area (TPSA) is 109 Å². The number of ether oxygens (including phenoxy) is 1. The van der Waals surface area contributed by atoms with Gasteiger partial charge in [-0.25, -0.2) is 4.68 Å². The summed E-state index contributed by atoms with van der Waals surface area (Å²) in [6.07, 6.45) is 6.11. The molecule has 0 bridgehead atoms. The van der Waals surface area contributed by atoms with Gasteiger partial charge in [0.1, 0.15) is 11.8 Å². The van der Waals surface area contributed by atoms with E-state index in [1.807, 2.05) is 32.3 Å². The van der Waals surface area contributed by atoms with Gasteiger partial charge in [0.2, 0.25) is 5.91 Å². The number of anilines is 1. The average molecular weight is 566 g/mol. The molecule has 200 valence electrons. The zero-order valence-electron chi connectivity index (χ0n) is 21.4. The molecule has 2 aromatic carbocycles. The van der Waals surface area contributed by atoms with Crippen LogP contribution in [0.5, 0.6) is 5.75 Å². The number of nitrogens with zero attached hydrogens (tertiary/aromatic N) is 6. The van der Waals surface area contributed by atoms with Crippen LogP contribution in [0.4, 0.5) is 5.69 Å². The zero-order chi connectivity index (χ0) is 27.7. The number of carbonyl (C=O) groups excluding carboxylic acids is 1. The molecule has 0 aliphatic carbocycles. The summed E-state index contributed by atoms with van der Waals surface area (Å²) in [5.74, 6) is 0.0766. The summed E-state index contributed by atoms with van der Waals surface area (Å²) >= 11 is 12.3. The van der Waals surface area contributed by atoms with Crippen LogP contribution >= 0.6 is 23.2 Å². The zero-order valence-corrected chi connectivity index (χ0v) is 22.9. The van der Waals surface area contributed by atoms with Gasteiger partial charge in [0.25, 0.3) is 5.56 Å². The molecule has 1 N–H and O–H groups in total. The Hall–Kier alpha value is -4.15. The number of benzene rings is 2. The Balaban J connectivity index is 1.54. The molecule has 5 rings (SSSR count). The van der Waals surface area contributed by atoms with E-state index in [0.717, 1.165) is 10.9 Å². The molecule has 3 heterocycles. The third kappa shape index (κ3) is 5.39. The van der Waals surface area contributed by atoms with Crippen molar-refractivity contribution in [2.75, 3.05) is 12.4 Å². The van der Waals surface area contributed by atoms with E-state index >= 15 is 0 Å². The largest absolute Gasteiger partial charge is 0.495 e. The molecule has 10 nitrogen and oxygen atoms in total. The number of hydrogen-bond acceptors (Lipinski definition) is 6. The SMILES string of the molecule is CCCC(C(=O)Nc1ccc2nn(C)cc2c1)n1cc(OC)c(-c2cc(Cl)ccc2-n2cc(Cl)nn2)cc1=O. The molecule has 3 aromatic heterocycles. The lowest BCUT2D eigenvalue weighted by Gasteiger charge is -2.21. The van der Waals surface area contributed by atoms with E-state index in [1.165, 1.54) is 22.4 Å². The van der Waals surface area contributed by atoms with Crippen LogP contribution in [0.25, 0.3) is 27.7 Å². The van der Waals surface area contributed by atoms with Crippen LogP contribution in [0.1, 0.15) is 25.8 Å². The Kier molecular flexibility index (Phi) is 7.40. The minimum Gasteiger partial charge on any atom is -0.495 e. The van der Waals surface area contributed by atoms with Gasteiger partial charge in [-0.05, 0) is 42.8 Å². The van der Waals surface area contributed by atoms with Crippen molar-refractivity contribution in [1.29, 1.82) is 0 Å². The second kappa shape index (κ2) is 10.9. The highest BCUT2D eigenvalue weighted by atomic mass is 35.5. The van der Waals surface area contributed by atoms with Crippen molar-refractivity contribution >= 4 is 45.7 Å². The van der Waals surface area contributed by atoms with E-state index in [4.69, 9.17) is 27.9 Å². The Labute approximate surface area is 233 Å². The van der Waals surface area contributed by atoms with Crippen LogP contribution < -0.4 is 15.6 Å². The number of aryl methyl sites for hydroxylation is 1. The number of methoxy groups -OCH3 is 1. The molecule has 0 radical (unpaired) electrons. The Morgan fingerprint density at radius 3 is 2.62 bits per heavy atom. The van der Waals surface area contributed by atoms with E-state index in [1.54, 1.807) is 41.3 Å². The molecule has 0 saturated heterocycles. The lowest BCUT2D eigenvalue weighted by Crippen LogP contribution is -2.33. The summed E-state index contributed by atoms with van der Waals surface area (Å²) in [4.78, 5) is 27.0. The number of rotatable bonds is 8. The lowest BCUT2D eigenvalue weighted by atomic mass is 10.0. The van der Waals surface area contributed by atoms with Gasteiger partial charge in [-0.3, -0.25) is 18.8 Å². The summed E-state index contributed by atoms with van der Waals surface area (Å²) < 4.78 is 10.3. The van der Waals surface area contributed by atoms with Gasteiger partial charge < -0.3 is 10.1 Å². The molecule has 0 saturated carbocycles. The fourth-order valence-electron chi connectivity index (χ4n) is 4.55. The highest BCUT2D eigenvalue weighted by Crippen LogP contribution is 2.35. The quantitative estimate of drug-likeness (QED) is 0.274. The van der Waals surface area contributed by atoms with Gasteiger partial charge in [0, 0.05) is 46.5 Å². The molecule has 1 unspecified atom stereocenters. The van der Waals surface area contributed by atoms with Crippen LogP contribution in [0.2, 0.25) is 10.2 Å². The van der Waals surface area contributed by atoms with Crippen molar-refractivity contribution in [2.24, 2.45) is 7.05 Å². The van der Waals surface area contributed by atoms with E-state index in [2.05, 4.69) is 20.7 Å². The first-order valence-corrected chi connectivity index (χ1v) is 13.0. The van der Waals surface area contributed by atoms with Crippen LogP contribution in [-0.2, 0) is 11.8 Å². The number of aromatic nitrogens is 6. The third-order valence-corrected chi connectivity index (χ3v) is 6.72. The normalized spacial score (nSPS) is 12.0. The molecule has 0 spiro atoms. The smallest absolute Gasteiger partial charge is 0.252 e. The van der Waals surface area contributed by atoms with Gasteiger partial charge in [0.05, 0.1) is 30.7 Å². The van der Waals surface area contributed by atoms with Crippen LogP contribution in [0, 0.1) is 0 Å². The van der Waals surface area contributed by atoms with Crippen molar-refractivity contribution in [3.05, 3.63) is 81.6 Å².